The maximum atomic E-state index is 12.4. The minimum Gasteiger partial charge on any atom is -0.350 e. The smallest absolute Gasteiger partial charge is 0.255 e. The molecule has 0 unspecified atom stereocenters. The predicted octanol–water partition coefficient (Wildman–Crippen LogP) is 2.91. The fourth-order valence-corrected chi connectivity index (χ4v) is 1.62. The Hall–Kier alpha value is -0.970. The van der Waals surface area contributed by atoms with Crippen molar-refractivity contribution in [1.29, 1.82) is 0 Å². The molecule has 3 nitrogen and oxygen atoms in total. The van der Waals surface area contributed by atoms with Crippen molar-refractivity contribution < 1.29 is 8.78 Å². The number of anilines is 1. The zero-order chi connectivity index (χ0) is 12.8. The maximum Gasteiger partial charge on any atom is 0.255 e. The van der Waals surface area contributed by atoms with Crippen molar-refractivity contribution in [3.05, 3.63) is 18.1 Å². The zero-order valence-corrected chi connectivity index (χ0v) is 10.7. The van der Waals surface area contributed by atoms with Crippen molar-refractivity contribution in [3.63, 3.8) is 0 Å². The number of hydrogen-bond donors (Lipinski definition) is 0. The maximum absolute atomic E-state index is 12.4. The van der Waals surface area contributed by atoms with Gasteiger partial charge in [0.25, 0.3) is 6.43 Å². The van der Waals surface area contributed by atoms with Crippen LogP contribution in [0.4, 0.5) is 14.6 Å². The molecule has 0 aliphatic heterocycles. The Morgan fingerprint density at radius 2 is 2.06 bits per heavy atom. The van der Waals surface area contributed by atoms with Crippen LogP contribution in [0.25, 0.3) is 0 Å². The topological polar surface area (TPSA) is 29.0 Å². The molecule has 0 fully saturated rings. The van der Waals surface area contributed by atoms with Crippen LogP contribution in [0.2, 0.25) is 0 Å². The van der Waals surface area contributed by atoms with Crippen LogP contribution in [0.1, 0.15) is 25.5 Å². The molecule has 0 radical (unpaired) electrons. The van der Waals surface area contributed by atoms with Crippen LogP contribution < -0.4 is 4.90 Å². The number of aromatic nitrogens is 2. The summed E-state index contributed by atoms with van der Waals surface area (Å²) in [5.41, 5.74) is 0.837. The highest BCUT2D eigenvalue weighted by Gasteiger charge is 2.14. The molecule has 0 bridgehead atoms. The van der Waals surface area contributed by atoms with Gasteiger partial charge in [0.2, 0.25) is 0 Å². The number of nitrogens with zero attached hydrogens (tertiary/aromatic N) is 3. The van der Waals surface area contributed by atoms with Gasteiger partial charge in [-0.15, -0.1) is 11.6 Å². The van der Waals surface area contributed by atoms with Gasteiger partial charge in [-0.3, -0.25) is 0 Å². The van der Waals surface area contributed by atoms with Crippen LogP contribution in [0, 0.1) is 0 Å². The second-order valence-electron chi connectivity index (χ2n) is 3.98. The van der Waals surface area contributed by atoms with Crippen LogP contribution in [-0.4, -0.2) is 35.4 Å². The summed E-state index contributed by atoms with van der Waals surface area (Å²) in [6.07, 6.45) is -1.01. The number of rotatable bonds is 6. The third-order valence-electron chi connectivity index (χ3n) is 2.30. The van der Waals surface area contributed by atoms with Crippen molar-refractivity contribution in [2.24, 2.45) is 0 Å². The van der Waals surface area contributed by atoms with E-state index < -0.39 is 6.43 Å². The molecule has 0 aromatic carbocycles. The largest absolute Gasteiger partial charge is 0.350 e. The second-order valence-corrected chi connectivity index (χ2v) is 4.36. The highest BCUT2D eigenvalue weighted by atomic mass is 35.5. The summed E-state index contributed by atoms with van der Waals surface area (Å²) >= 11 is 5.60. The lowest BCUT2D eigenvalue weighted by molar-refractivity contribution is 0.155. The summed E-state index contributed by atoms with van der Waals surface area (Å²) in [6, 6.07) is 1.74. The second kappa shape index (κ2) is 6.69. The Kier molecular flexibility index (Phi) is 5.55. The van der Waals surface area contributed by atoms with Gasteiger partial charge in [0.15, 0.2) is 0 Å². The van der Waals surface area contributed by atoms with Gasteiger partial charge >= 0.3 is 0 Å². The molecular formula is C11H16ClF2N3. The molecule has 0 saturated heterocycles. The quantitative estimate of drug-likeness (QED) is 0.739. The third-order valence-corrected chi connectivity index (χ3v) is 2.47. The van der Waals surface area contributed by atoms with Gasteiger partial charge in [0, 0.05) is 24.2 Å². The summed E-state index contributed by atoms with van der Waals surface area (Å²) in [6.45, 7) is 3.97. The van der Waals surface area contributed by atoms with Gasteiger partial charge in [-0.05, 0) is 5.92 Å². The van der Waals surface area contributed by atoms with Crippen LogP contribution >= 0.6 is 11.6 Å². The Morgan fingerprint density at radius 3 is 2.59 bits per heavy atom. The lowest BCUT2D eigenvalue weighted by Crippen LogP contribution is -2.31. The van der Waals surface area contributed by atoms with E-state index in [2.05, 4.69) is 9.97 Å². The van der Waals surface area contributed by atoms with Crippen molar-refractivity contribution in [2.75, 3.05) is 23.9 Å². The Morgan fingerprint density at radius 1 is 1.35 bits per heavy atom. The van der Waals surface area contributed by atoms with E-state index in [1.54, 1.807) is 6.07 Å². The lowest BCUT2D eigenvalue weighted by atomic mass is 10.1. The molecular weight excluding hydrogens is 248 g/mol. The molecule has 1 heterocycles. The first-order valence-electron chi connectivity index (χ1n) is 5.45. The van der Waals surface area contributed by atoms with Crippen LogP contribution in [0.3, 0.4) is 0 Å². The highest BCUT2D eigenvalue weighted by molar-refractivity contribution is 6.18. The average molecular weight is 264 g/mol. The minimum absolute atomic E-state index is 0.237. The standard InChI is InChI=1S/C11H16ClF2N3/c1-8(2)9-5-11(16-7-15-9)17(4-3-12)6-10(13)14/h5,7-8,10H,3-4,6H2,1-2H3. The number of hydrogen-bond acceptors (Lipinski definition) is 3. The summed E-state index contributed by atoms with van der Waals surface area (Å²) in [5.74, 6) is 1.03. The molecule has 0 aliphatic carbocycles. The predicted molar refractivity (Wildman–Crippen MR) is 65.1 cm³/mol. The van der Waals surface area contributed by atoms with E-state index in [-0.39, 0.29) is 18.3 Å². The van der Waals surface area contributed by atoms with Gasteiger partial charge < -0.3 is 4.90 Å². The monoisotopic (exact) mass is 263 g/mol. The Labute approximate surface area is 105 Å². The van der Waals surface area contributed by atoms with E-state index in [9.17, 15) is 8.78 Å². The summed E-state index contributed by atoms with van der Waals surface area (Å²) in [7, 11) is 0. The van der Waals surface area contributed by atoms with Gasteiger partial charge in [-0.2, -0.15) is 0 Å². The molecule has 1 rings (SSSR count). The SMILES string of the molecule is CC(C)c1cc(N(CCCl)CC(F)F)ncn1. The minimum atomic E-state index is -2.41. The number of alkyl halides is 3. The molecule has 1 aromatic rings. The molecule has 96 valence electrons. The van der Waals surface area contributed by atoms with Gasteiger partial charge in [-0.1, -0.05) is 13.8 Å². The highest BCUT2D eigenvalue weighted by Crippen LogP contribution is 2.17. The summed E-state index contributed by atoms with van der Waals surface area (Å²) in [4.78, 5) is 9.60. The lowest BCUT2D eigenvalue weighted by Gasteiger charge is -2.22. The first kappa shape index (κ1) is 14.1. The summed E-state index contributed by atoms with van der Waals surface area (Å²) in [5, 5.41) is 0. The van der Waals surface area contributed by atoms with E-state index in [1.807, 2.05) is 13.8 Å². The fourth-order valence-electron chi connectivity index (χ4n) is 1.42. The Balaban J connectivity index is 2.88. The van der Waals surface area contributed by atoms with Crippen molar-refractivity contribution in [3.8, 4) is 0 Å². The summed E-state index contributed by atoms with van der Waals surface area (Å²) < 4.78 is 24.8. The van der Waals surface area contributed by atoms with Gasteiger partial charge in [0.1, 0.15) is 12.1 Å². The third kappa shape index (κ3) is 4.42. The molecule has 0 aliphatic rings. The molecule has 0 atom stereocenters. The molecule has 1 aromatic heterocycles. The van der Waals surface area contributed by atoms with E-state index >= 15 is 0 Å². The van der Waals surface area contributed by atoms with E-state index in [0.717, 1.165) is 5.69 Å². The Bertz CT molecular complexity index is 347. The fraction of sp³-hybridized carbons (Fsp3) is 0.636. The molecule has 17 heavy (non-hydrogen) atoms. The normalized spacial score (nSPS) is 11.2. The van der Waals surface area contributed by atoms with Crippen LogP contribution in [0.5, 0.6) is 0 Å². The van der Waals surface area contributed by atoms with Crippen LogP contribution in [-0.2, 0) is 0 Å². The van der Waals surface area contributed by atoms with Crippen molar-refractivity contribution >= 4 is 17.4 Å². The van der Waals surface area contributed by atoms with Gasteiger partial charge in [0.05, 0.1) is 6.54 Å². The molecule has 0 N–H and O–H groups in total. The molecule has 0 spiro atoms. The van der Waals surface area contributed by atoms with Gasteiger partial charge in [-0.25, -0.2) is 18.7 Å². The van der Waals surface area contributed by atoms with E-state index in [0.29, 0.717) is 12.4 Å². The van der Waals surface area contributed by atoms with Crippen LogP contribution in [0.15, 0.2) is 12.4 Å². The zero-order valence-electron chi connectivity index (χ0n) is 9.91. The number of halogens is 3. The average Bonchev–Trinajstić information content (AvgIpc) is 2.28. The van der Waals surface area contributed by atoms with Crippen molar-refractivity contribution in [1.82, 2.24) is 9.97 Å². The molecule has 0 amide bonds. The first-order valence-corrected chi connectivity index (χ1v) is 5.99. The van der Waals surface area contributed by atoms with E-state index in [1.165, 1.54) is 11.2 Å². The molecule has 6 heteroatoms. The van der Waals surface area contributed by atoms with E-state index in [4.69, 9.17) is 11.6 Å². The molecule has 0 saturated carbocycles. The first-order chi connectivity index (χ1) is 8.04. The van der Waals surface area contributed by atoms with Crippen molar-refractivity contribution in [2.45, 2.75) is 26.2 Å².